The van der Waals surface area contributed by atoms with Gasteiger partial charge in [0.15, 0.2) is 0 Å². The van der Waals surface area contributed by atoms with Crippen LogP contribution in [0, 0.1) is 0 Å². The van der Waals surface area contributed by atoms with Gasteiger partial charge in [-0.3, -0.25) is 0 Å². The third-order valence-corrected chi connectivity index (χ3v) is 3.69. The summed E-state index contributed by atoms with van der Waals surface area (Å²) in [4.78, 5) is 2.46. The maximum absolute atomic E-state index is 12.7. The molecule has 1 fully saturated rings. The fraction of sp³-hybridized carbons (Fsp3) is 0.429. The van der Waals surface area contributed by atoms with Gasteiger partial charge in [0, 0.05) is 16.9 Å². The van der Waals surface area contributed by atoms with Crippen LogP contribution in [0.2, 0.25) is 0 Å². The molecule has 1 aliphatic heterocycles. The molecule has 2 aromatic rings. The summed E-state index contributed by atoms with van der Waals surface area (Å²) >= 11 is 0. The van der Waals surface area contributed by atoms with Crippen LogP contribution in [0.15, 0.2) is 24.3 Å². The van der Waals surface area contributed by atoms with Gasteiger partial charge < -0.3 is 10.3 Å². The summed E-state index contributed by atoms with van der Waals surface area (Å²) in [6.45, 7) is 1.00. The predicted molar refractivity (Wildman–Crippen MR) is 68.0 cm³/mol. The van der Waals surface area contributed by atoms with Crippen LogP contribution in [-0.4, -0.2) is 17.6 Å². The second-order valence-corrected chi connectivity index (χ2v) is 5.06. The molecule has 2 N–H and O–H groups in total. The molecule has 1 saturated heterocycles. The van der Waals surface area contributed by atoms with Gasteiger partial charge in [0.1, 0.15) is 5.69 Å². The molecule has 3 rings (SSSR count). The van der Waals surface area contributed by atoms with Gasteiger partial charge in [0.25, 0.3) is 0 Å². The Kier molecular flexibility index (Phi) is 3.01. The van der Waals surface area contributed by atoms with Crippen LogP contribution in [0.1, 0.15) is 24.1 Å². The number of aromatic nitrogens is 1. The van der Waals surface area contributed by atoms with Gasteiger partial charge in [-0.05, 0) is 43.5 Å². The molecule has 1 aliphatic rings. The highest BCUT2D eigenvalue weighted by Crippen LogP contribution is 2.32. The summed E-state index contributed by atoms with van der Waals surface area (Å²) in [7, 11) is 0. The maximum Gasteiger partial charge on any atom is 0.431 e. The minimum Gasteiger partial charge on any atom is -0.351 e. The number of hydrogen-bond acceptors (Lipinski definition) is 1. The number of halogens is 3. The van der Waals surface area contributed by atoms with Crippen molar-refractivity contribution in [2.24, 2.45) is 0 Å². The summed E-state index contributed by atoms with van der Waals surface area (Å²) < 4.78 is 38.2. The zero-order valence-corrected chi connectivity index (χ0v) is 10.3. The molecule has 0 bridgehead atoms. The smallest absolute Gasteiger partial charge is 0.351 e. The molecule has 0 saturated carbocycles. The average molecular weight is 268 g/mol. The number of hydrogen-bond donors (Lipinski definition) is 2. The van der Waals surface area contributed by atoms with E-state index in [1.54, 1.807) is 6.07 Å². The Hall–Kier alpha value is -1.49. The van der Waals surface area contributed by atoms with Crippen molar-refractivity contribution in [1.82, 2.24) is 10.3 Å². The predicted octanol–water partition coefficient (Wildman–Crippen LogP) is 3.48. The first kappa shape index (κ1) is 12.5. The van der Waals surface area contributed by atoms with Crippen LogP contribution in [0.25, 0.3) is 10.9 Å². The van der Waals surface area contributed by atoms with E-state index >= 15 is 0 Å². The molecule has 2 nitrogen and oxygen atoms in total. The first-order valence-electron chi connectivity index (χ1n) is 6.45. The van der Waals surface area contributed by atoms with Gasteiger partial charge in [0.2, 0.25) is 0 Å². The molecule has 5 heteroatoms. The van der Waals surface area contributed by atoms with Crippen molar-refractivity contribution >= 4 is 10.9 Å². The lowest BCUT2D eigenvalue weighted by molar-refractivity contribution is -0.140. The third kappa shape index (κ3) is 2.47. The topological polar surface area (TPSA) is 27.8 Å². The Balaban J connectivity index is 1.97. The lowest BCUT2D eigenvalue weighted by Gasteiger charge is -2.10. The van der Waals surface area contributed by atoms with Crippen LogP contribution >= 0.6 is 0 Å². The fourth-order valence-corrected chi connectivity index (χ4v) is 2.75. The normalized spacial score (nSPS) is 20.3. The van der Waals surface area contributed by atoms with Gasteiger partial charge in [0.05, 0.1) is 0 Å². The second kappa shape index (κ2) is 4.56. The number of rotatable bonds is 2. The number of benzene rings is 1. The number of aromatic amines is 1. The lowest BCUT2D eigenvalue weighted by Crippen LogP contribution is -2.23. The highest BCUT2D eigenvalue weighted by molar-refractivity contribution is 5.84. The maximum atomic E-state index is 12.7. The Morgan fingerprint density at radius 1 is 1.26 bits per heavy atom. The Bertz CT molecular complexity index is 580. The van der Waals surface area contributed by atoms with Gasteiger partial charge >= 0.3 is 6.18 Å². The molecular weight excluding hydrogens is 253 g/mol. The molecule has 0 aliphatic carbocycles. The fourth-order valence-electron chi connectivity index (χ4n) is 2.75. The first-order valence-corrected chi connectivity index (χ1v) is 6.45. The van der Waals surface area contributed by atoms with E-state index < -0.39 is 11.9 Å². The molecule has 19 heavy (non-hydrogen) atoms. The average Bonchev–Trinajstić information content (AvgIpc) is 2.96. The van der Waals surface area contributed by atoms with E-state index in [0.717, 1.165) is 31.4 Å². The van der Waals surface area contributed by atoms with Crippen molar-refractivity contribution in [3.8, 4) is 0 Å². The molecule has 1 atom stereocenters. The Morgan fingerprint density at radius 3 is 2.79 bits per heavy atom. The highest BCUT2D eigenvalue weighted by Gasteiger charge is 2.32. The SMILES string of the molecule is FC(F)(F)c1cc2c(CC3CCCN3)cccc2[nH]1. The van der Waals surface area contributed by atoms with E-state index in [1.807, 2.05) is 12.1 Å². The van der Waals surface area contributed by atoms with Gasteiger partial charge in [-0.25, -0.2) is 0 Å². The van der Waals surface area contributed by atoms with Crippen molar-refractivity contribution in [3.63, 3.8) is 0 Å². The molecular formula is C14H15F3N2. The minimum atomic E-state index is -4.32. The summed E-state index contributed by atoms with van der Waals surface area (Å²) in [5.41, 5.74) is 0.862. The Labute approximate surface area is 109 Å². The van der Waals surface area contributed by atoms with Crippen LogP contribution in [0.3, 0.4) is 0 Å². The Morgan fingerprint density at radius 2 is 2.11 bits per heavy atom. The lowest BCUT2D eigenvalue weighted by atomic mass is 10.0. The van der Waals surface area contributed by atoms with E-state index in [4.69, 9.17) is 0 Å². The van der Waals surface area contributed by atoms with E-state index in [0.29, 0.717) is 16.9 Å². The number of fused-ring (bicyclic) bond motifs is 1. The van der Waals surface area contributed by atoms with Gasteiger partial charge in [-0.2, -0.15) is 13.2 Å². The summed E-state index contributed by atoms with van der Waals surface area (Å²) in [5.74, 6) is 0. The molecule has 0 spiro atoms. The number of H-pyrrole nitrogens is 1. The van der Waals surface area contributed by atoms with E-state index in [9.17, 15) is 13.2 Å². The number of alkyl halides is 3. The third-order valence-electron chi connectivity index (χ3n) is 3.69. The zero-order chi connectivity index (χ0) is 13.5. The molecule has 0 radical (unpaired) electrons. The van der Waals surface area contributed by atoms with Gasteiger partial charge in [-0.1, -0.05) is 12.1 Å². The largest absolute Gasteiger partial charge is 0.431 e. The van der Waals surface area contributed by atoms with Crippen molar-refractivity contribution in [1.29, 1.82) is 0 Å². The van der Waals surface area contributed by atoms with Crippen LogP contribution in [0.5, 0.6) is 0 Å². The van der Waals surface area contributed by atoms with Crippen LogP contribution < -0.4 is 5.32 Å². The molecule has 102 valence electrons. The first-order chi connectivity index (χ1) is 9.04. The highest BCUT2D eigenvalue weighted by atomic mass is 19.4. The van der Waals surface area contributed by atoms with Crippen molar-refractivity contribution in [3.05, 3.63) is 35.5 Å². The number of nitrogens with one attached hydrogen (secondary N) is 2. The van der Waals surface area contributed by atoms with E-state index in [2.05, 4.69) is 10.3 Å². The minimum absolute atomic E-state index is 0.384. The van der Waals surface area contributed by atoms with Crippen molar-refractivity contribution in [2.45, 2.75) is 31.5 Å². The molecule has 1 aromatic heterocycles. The molecule has 0 amide bonds. The summed E-state index contributed by atoms with van der Waals surface area (Å²) in [6.07, 6.45) is -1.30. The van der Waals surface area contributed by atoms with Crippen LogP contribution in [-0.2, 0) is 12.6 Å². The summed E-state index contributed by atoms with van der Waals surface area (Å²) in [5, 5.41) is 4.06. The van der Waals surface area contributed by atoms with E-state index in [1.165, 1.54) is 6.07 Å². The quantitative estimate of drug-likeness (QED) is 0.857. The van der Waals surface area contributed by atoms with Crippen LogP contribution in [0.4, 0.5) is 13.2 Å². The molecule has 2 heterocycles. The van der Waals surface area contributed by atoms with Crippen molar-refractivity contribution < 1.29 is 13.2 Å². The monoisotopic (exact) mass is 268 g/mol. The standard InChI is InChI=1S/C14H15F3N2/c15-14(16,17)13-8-11-9(3-1-5-12(11)19-13)7-10-4-2-6-18-10/h1,3,5,8,10,18-19H,2,4,6-7H2. The van der Waals surface area contributed by atoms with Crippen molar-refractivity contribution in [2.75, 3.05) is 6.54 Å². The van der Waals surface area contributed by atoms with Gasteiger partial charge in [-0.15, -0.1) is 0 Å². The summed E-state index contributed by atoms with van der Waals surface area (Å²) in [6, 6.07) is 7.02. The van der Waals surface area contributed by atoms with E-state index in [-0.39, 0.29) is 0 Å². The molecule has 1 aromatic carbocycles. The molecule has 1 unspecified atom stereocenters. The second-order valence-electron chi connectivity index (χ2n) is 5.06. The zero-order valence-electron chi connectivity index (χ0n) is 10.3.